The molecule has 0 spiro atoms. The predicted molar refractivity (Wildman–Crippen MR) is 155 cm³/mol. The van der Waals surface area contributed by atoms with E-state index in [-0.39, 0.29) is 29.3 Å². The maximum Gasteiger partial charge on any atom is 0.256 e. The SMILES string of the molecule is CC(=O)N1c2ccc(-c3ccc(S(C)(=O)=O)cc3)cc2N(C(=O)C2CCC(Oc3cc(Cl)cc(Cl)c3)O2)C[C@@H]1C. The van der Waals surface area contributed by atoms with Gasteiger partial charge in [-0.3, -0.25) is 9.59 Å². The third-order valence-corrected chi connectivity index (χ3v) is 8.56. The Morgan fingerprint density at radius 3 is 2.20 bits per heavy atom. The molecule has 0 radical (unpaired) electrons. The van der Waals surface area contributed by atoms with E-state index in [2.05, 4.69) is 0 Å². The first-order valence-electron chi connectivity index (χ1n) is 12.7. The van der Waals surface area contributed by atoms with Crippen LogP contribution < -0.4 is 14.5 Å². The molecule has 0 N–H and O–H groups in total. The molecule has 0 bridgehead atoms. The highest BCUT2D eigenvalue weighted by molar-refractivity contribution is 7.90. The van der Waals surface area contributed by atoms with Gasteiger partial charge < -0.3 is 19.3 Å². The van der Waals surface area contributed by atoms with Crippen LogP contribution in [-0.2, 0) is 24.2 Å². The van der Waals surface area contributed by atoms with Gasteiger partial charge in [0, 0.05) is 36.2 Å². The van der Waals surface area contributed by atoms with Crippen molar-refractivity contribution in [3.63, 3.8) is 0 Å². The minimum absolute atomic E-state index is 0.128. The lowest BCUT2D eigenvalue weighted by Gasteiger charge is -2.41. The molecule has 2 amide bonds. The summed E-state index contributed by atoms with van der Waals surface area (Å²) in [6, 6.07) is 16.7. The zero-order chi connectivity index (χ0) is 28.8. The maximum absolute atomic E-state index is 13.8. The molecule has 0 aromatic heterocycles. The Balaban J connectivity index is 1.43. The van der Waals surface area contributed by atoms with Crippen LogP contribution in [0.3, 0.4) is 0 Å². The molecule has 2 aliphatic heterocycles. The Morgan fingerprint density at radius 1 is 0.925 bits per heavy atom. The normalized spacial score (nSPS) is 20.8. The van der Waals surface area contributed by atoms with Crippen molar-refractivity contribution in [1.29, 1.82) is 0 Å². The van der Waals surface area contributed by atoms with E-state index in [0.717, 1.165) is 17.4 Å². The number of hydrogen-bond donors (Lipinski definition) is 0. The van der Waals surface area contributed by atoms with Crippen molar-refractivity contribution in [2.75, 3.05) is 22.6 Å². The van der Waals surface area contributed by atoms with Gasteiger partial charge in [0.25, 0.3) is 5.91 Å². The van der Waals surface area contributed by atoms with E-state index in [9.17, 15) is 18.0 Å². The van der Waals surface area contributed by atoms with E-state index in [1.165, 1.54) is 6.92 Å². The van der Waals surface area contributed by atoms with E-state index in [0.29, 0.717) is 40.0 Å². The second-order valence-electron chi connectivity index (χ2n) is 10.0. The molecule has 3 aromatic rings. The Labute approximate surface area is 243 Å². The maximum atomic E-state index is 13.8. The molecule has 0 saturated carbocycles. The quantitative estimate of drug-likeness (QED) is 0.370. The summed E-state index contributed by atoms with van der Waals surface area (Å²) in [4.78, 5) is 30.0. The molecular weight excluding hydrogens is 575 g/mol. The number of ether oxygens (including phenoxy) is 2. The van der Waals surface area contributed by atoms with E-state index < -0.39 is 22.2 Å². The molecule has 11 heteroatoms. The molecule has 1 saturated heterocycles. The number of fused-ring (bicyclic) bond motifs is 1. The van der Waals surface area contributed by atoms with Gasteiger partial charge in [-0.25, -0.2) is 8.42 Å². The highest BCUT2D eigenvalue weighted by Crippen LogP contribution is 2.40. The Hall–Kier alpha value is -3.11. The van der Waals surface area contributed by atoms with Crippen molar-refractivity contribution < 1.29 is 27.5 Å². The molecule has 5 rings (SSSR count). The van der Waals surface area contributed by atoms with Gasteiger partial charge in [-0.15, -0.1) is 0 Å². The number of rotatable bonds is 5. The summed E-state index contributed by atoms with van der Waals surface area (Å²) in [6.45, 7) is 3.68. The van der Waals surface area contributed by atoms with Gasteiger partial charge in [0.05, 0.1) is 22.3 Å². The minimum atomic E-state index is -3.33. The molecular formula is C29H28Cl2N2O6S. The lowest BCUT2D eigenvalue weighted by molar-refractivity contribution is -0.137. The van der Waals surface area contributed by atoms with Crippen molar-refractivity contribution in [1.82, 2.24) is 0 Å². The second-order valence-corrected chi connectivity index (χ2v) is 12.9. The van der Waals surface area contributed by atoms with Crippen LogP contribution in [0.1, 0.15) is 26.7 Å². The number of halogens is 2. The van der Waals surface area contributed by atoms with Gasteiger partial charge in [0.2, 0.25) is 12.2 Å². The number of nitrogens with zero attached hydrogens (tertiary/aromatic N) is 2. The van der Waals surface area contributed by atoms with E-state index in [1.807, 2.05) is 25.1 Å². The monoisotopic (exact) mass is 602 g/mol. The van der Waals surface area contributed by atoms with Gasteiger partial charge >= 0.3 is 0 Å². The lowest BCUT2D eigenvalue weighted by Crippen LogP contribution is -2.53. The van der Waals surface area contributed by atoms with Gasteiger partial charge in [0.15, 0.2) is 9.84 Å². The van der Waals surface area contributed by atoms with Gasteiger partial charge in [-0.2, -0.15) is 0 Å². The Kier molecular flexibility index (Phi) is 7.85. The van der Waals surface area contributed by atoms with Crippen molar-refractivity contribution in [2.45, 2.75) is 50.0 Å². The first-order valence-corrected chi connectivity index (χ1v) is 15.4. The average molecular weight is 604 g/mol. The zero-order valence-electron chi connectivity index (χ0n) is 22.1. The van der Waals surface area contributed by atoms with Crippen LogP contribution in [0.4, 0.5) is 11.4 Å². The number of carbonyl (C=O) groups excluding carboxylic acids is 2. The average Bonchev–Trinajstić information content (AvgIpc) is 3.34. The summed E-state index contributed by atoms with van der Waals surface area (Å²) < 4.78 is 35.7. The topological polar surface area (TPSA) is 93.2 Å². The summed E-state index contributed by atoms with van der Waals surface area (Å²) in [7, 11) is -3.33. The zero-order valence-corrected chi connectivity index (χ0v) is 24.5. The number of benzene rings is 3. The van der Waals surface area contributed by atoms with Crippen LogP contribution in [0, 0.1) is 0 Å². The predicted octanol–water partition coefficient (Wildman–Crippen LogP) is 5.74. The van der Waals surface area contributed by atoms with Crippen LogP contribution in [0.15, 0.2) is 65.6 Å². The molecule has 2 aliphatic rings. The molecule has 210 valence electrons. The third kappa shape index (κ3) is 5.83. The molecule has 2 unspecified atom stereocenters. The van der Waals surface area contributed by atoms with Crippen LogP contribution in [-0.4, -0.2) is 51.5 Å². The fourth-order valence-corrected chi connectivity index (χ4v) is 6.32. The summed E-state index contributed by atoms with van der Waals surface area (Å²) in [5.74, 6) is 0.101. The summed E-state index contributed by atoms with van der Waals surface area (Å²) in [5.41, 5.74) is 2.76. The van der Waals surface area contributed by atoms with Gasteiger partial charge in [-0.05, 0) is 66.9 Å². The minimum Gasteiger partial charge on any atom is -0.465 e. The first kappa shape index (κ1) is 28.4. The second kappa shape index (κ2) is 11.0. The number of sulfone groups is 1. The van der Waals surface area contributed by atoms with Crippen molar-refractivity contribution in [3.8, 4) is 16.9 Å². The molecule has 3 atom stereocenters. The van der Waals surface area contributed by atoms with E-state index in [4.69, 9.17) is 32.7 Å². The Morgan fingerprint density at radius 2 is 1.57 bits per heavy atom. The number of hydrogen-bond acceptors (Lipinski definition) is 6. The van der Waals surface area contributed by atoms with Crippen molar-refractivity contribution >= 4 is 56.2 Å². The first-order chi connectivity index (χ1) is 18.9. The molecule has 8 nitrogen and oxygen atoms in total. The van der Waals surface area contributed by atoms with E-state index >= 15 is 0 Å². The smallest absolute Gasteiger partial charge is 0.256 e. The standard InChI is InChI=1S/C29H28Cl2N2O6S/c1-17-16-32(29(35)27-10-11-28(39-27)38-23-14-21(30)13-22(31)15-23)26-12-20(6-9-25(26)33(17)18(2)34)19-4-7-24(8-5-19)40(3,36)37/h4-9,12-15,17,27-28H,10-11,16H2,1-3H3/t17-,27?,28?/m0/s1. The number of anilines is 2. The molecule has 2 heterocycles. The molecule has 1 fully saturated rings. The summed E-state index contributed by atoms with van der Waals surface area (Å²) in [6.07, 6.45) is 0.747. The largest absolute Gasteiger partial charge is 0.465 e. The van der Waals surface area contributed by atoms with Crippen LogP contribution in [0.25, 0.3) is 11.1 Å². The highest BCUT2D eigenvalue weighted by atomic mass is 35.5. The van der Waals surface area contributed by atoms with Gasteiger partial charge in [0.1, 0.15) is 11.9 Å². The molecule has 40 heavy (non-hydrogen) atoms. The Bertz CT molecular complexity index is 1560. The highest BCUT2D eigenvalue weighted by Gasteiger charge is 2.40. The van der Waals surface area contributed by atoms with Crippen LogP contribution in [0.2, 0.25) is 10.0 Å². The third-order valence-electron chi connectivity index (χ3n) is 6.99. The molecule has 3 aromatic carbocycles. The van der Waals surface area contributed by atoms with Crippen molar-refractivity contribution in [2.24, 2.45) is 0 Å². The van der Waals surface area contributed by atoms with Crippen LogP contribution in [0.5, 0.6) is 5.75 Å². The summed E-state index contributed by atoms with van der Waals surface area (Å²) >= 11 is 12.2. The molecule has 0 aliphatic carbocycles. The number of carbonyl (C=O) groups is 2. The fourth-order valence-electron chi connectivity index (χ4n) is 5.19. The van der Waals surface area contributed by atoms with Crippen LogP contribution >= 0.6 is 23.2 Å². The van der Waals surface area contributed by atoms with Gasteiger partial charge in [-0.1, -0.05) is 41.4 Å². The lowest BCUT2D eigenvalue weighted by atomic mass is 10.00. The number of amides is 2. The summed E-state index contributed by atoms with van der Waals surface area (Å²) in [5, 5.41) is 0.868. The van der Waals surface area contributed by atoms with Crippen molar-refractivity contribution in [3.05, 3.63) is 70.7 Å². The van der Waals surface area contributed by atoms with E-state index in [1.54, 1.807) is 52.3 Å². The fraction of sp³-hybridized carbons (Fsp3) is 0.310.